The Hall–Kier alpha value is -0.0800. The van der Waals surface area contributed by atoms with Crippen LogP contribution in [0.4, 0.5) is 0 Å². The van der Waals surface area contributed by atoms with E-state index in [1.807, 2.05) is 0 Å². The molecule has 0 unspecified atom stereocenters. The molecule has 0 spiro atoms. The molecule has 0 aromatic rings. The Balaban J connectivity index is 1.70. The Bertz CT molecular complexity index is 191. The van der Waals surface area contributed by atoms with Crippen LogP contribution in [0.5, 0.6) is 0 Å². The molecule has 2 heteroatoms. The summed E-state index contributed by atoms with van der Waals surface area (Å²) in [6.07, 6.45) is 11.5. The lowest BCUT2D eigenvalue weighted by atomic mass is 9.90. The first-order chi connectivity index (χ1) is 7.79. The van der Waals surface area contributed by atoms with Crippen LogP contribution in [-0.4, -0.2) is 37.6 Å². The zero-order valence-electron chi connectivity index (χ0n) is 11.0. The van der Waals surface area contributed by atoms with Crippen LogP contribution in [0.25, 0.3) is 0 Å². The van der Waals surface area contributed by atoms with E-state index in [-0.39, 0.29) is 0 Å². The lowest BCUT2D eigenvalue weighted by molar-refractivity contribution is 0.155. The van der Waals surface area contributed by atoms with E-state index < -0.39 is 0 Å². The van der Waals surface area contributed by atoms with E-state index in [1.165, 1.54) is 57.9 Å². The Kier molecular flexibility index (Phi) is 4.66. The number of hydrogen-bond acceptors (Lipinski definition) is 2. The highest BCUT2D eigenvalue weighted by Gasteiger charge is 2.25. The average Bonchev–Trinajstić information content (AvgIpc) is 2.82. The molecular formula is C14H28N2. The predicted molar refractivity (Wildman–Crippen MR) is 69.7 cm³/mol. The van der Waals surface area contributed by atoms with Crippen molar-refractivity contribution in [3.8, 4) is 0 Å². The molecule has 2 aliphatic rings. The topological polar surface area (TPSA) is 15.3 Å². The highest BCUT2D eigenvalue weighted by atomic mass is 15.1. The fraction of sp³-hybridized carbons (Fsp3) is 1.00. The summed E-state index contributed by atoms with van der Waals surface area (Å²) in [5.41, 5.74) is 0. The van der Waals surface area contributed by atoms with Crippen molar-refractivity contribution >= 4 is 0 Å². The Morgan fingerprint density at radius 2 is 1.62 bits per heavy atom. The van der Waals surface area contributed by atoms with Crippen LogP contribution in [0, 0.1) is 5.92 Å². The van der Waals surface area contributed by atoms with E-state index in [9.17, 15) is 0 Å². The molecule has 2 saturated carbocycles. The predicted octanol–water partition coefficient (Wildman–Crippen LogP) is 2.64. The number of rotatable bonds is 4. The Morgan fingerprint density at radius 1 is 1.00 bits per heavy atom. The van der Waals surface area contributed by atoms with Gasteiger partial charge in [0.25, 0.3) is 0 Å². The molecule has 0 atom stereocenters. The molecule has 94 valence electrons. The maximum atomic E-state index is 3.42. The van der Waals surface area contributed by atoms with E-state index in [4.69, 9.17) is 0 Å². The molecule has 0 aromatic carbocycles. The SMILES string of the molecule is CNC1CCC(N(C)CC2CCCC2)CC1. The standard InChI is InChI=1S/C14H28N2/c1-15-13-7-9-14(10-8-13)16(2)11-12-5-3-4-6-12/h12-15H,3-11H2,1-2H3. The quantitative estimate of drug-likeness (QED) is 0.790. The molecule has 0 amide bonds. The van der Waals surface area contributed by atoms with E-state index in [0.717, 1.165) is 18.0 Å². The van der Waals surface area contributed by atoms with Crippen LogP contribution in [0.2, 0.25) is 0 Å². The second kappa shape index (κ2) is 6.02. The summed E-state index contributed by atoms with van der Waals surface area (Å²) in [5.74, 6) is 1.01. The minimum atomic E-state index is 0.788. The van der Waals surface area contributed by atoms with Crippen molar-refractivity contribution in [3.63, 3.8) is 0 Å². The lowest BCUT2D eigenvalue weighted by Crippen LogP contribution is -2.41. The average molecular weight is 224 g/mol. The van der Waals surface area contributed by atoms with Crippen molar-refractivity contribution in [2.75, 3.05) is 20.6 Å². The summed E-state index contributed by atoms with van der Waals surface area (Å²) in [5, 5.41) is 3.42. The maximum absolute atomic E-state index is 3.42. The molecule has 0 radical (unpaired) electrons. The van der Waals surface area contributed by atoms with Gasteiger partial charge in [-0.1, -0.05) is 12.8 Å². The van der Waals surface area contributed by atoms with Crippen molar-refractivity contribution in [3.05, 3.63) is 0 Å². The van der Waals surface area contributed by atoms with Gasteiger partial charge in [0.15, 0.2) is 0 Å². The molecule has 0 heterocycles. The third-order valence-electron chi connectivity index (χ3n) is 4.75. The molecule has 0 aromatic heterocycles. The van der Waals surface area contributed by atoms with Gasteiger partial charge in [0.1, 0.15) is 0 Å². The number of nitrogens with zero attached hydrogens (tertiary/aromatic N) is 1. The van der Waals surface area contributed by atoms with Gasteiger partial charge < -0.3 is 10.2 Å². The van der Waals surface area contributed by atoms with Crippen LogP contribution in [0.3, 0.4) is 0 Å². The first-order valence-corrected chi connectivity index (χ1v) is 7.17. The van der Waals surface area contributed by atoms with E-state index in [2.05, 4.69) is 24.3 Å². The van der Waals surface area contributed by atoms with Gasteiger partial charge in [-0.25, -0.2) is 0 Å². The van der Waals surface area contributed by atoms with Crippen molar-refractivity contribution in [2.24, 2.45) is 5.92 Å². The highest BCUT2D eigenvalue weighted by Crippen LogP contribution is 2.28. The van der Waals surface area contributed by atoms with Gasteiger partial charge in [0, 0.05) is 18.6 Å². The summed E-state index contributed by atoms with van der Waals surface area (Å²) in [7, 11) is 4.45. The summed E-state index contributed by atoms with van der Waals surface area (Å²) < 4.78 is 0. The smallest absolute Gasteiger partial charge is 0.00934 e. The fourth-order valence-corrected chi connectivity index (χ4v) is 3.55. The molecule has 2 fully saturated rings. The lowest BCUT2D eigenvalue weighted by Gasteiger charge is -2.35. The van der Waals surface area contributed by atoms with Crippen LogP contribution in [-0.2, 0) is 0 Å². The molecule has 0 bridgehead atoms. The summed E-state index contributed by atoms with van der Waals surface area (Å²) in [4.78, 5) is 2.65. The molecule has 0 saturated heterocycles. The maximum Gasteiger partial charge on any atom is 0.00934 e. The minimum absolute atomic E-state index is 0.788. The largest absolute Gasteiger partial charge is 0.317 e. The van der Waals surface area contributed by atoms with E-state index in [0.29, 0.717) is 0 Å². The zero-order valence-corrected chi connectivity index (χ0v) is 11.0. The summed E-state index contributed by atoms with van der Waals surface area (Å²) in [6, 6.07) is 1.65. The molecule has 0 aliphatic heterocycles. The van der Waals surface area contributed by atoms with Crippen molar-refractivity contribution < 1.29 is 0 Å². The van der Waals surface area contributed by atoms with E-state index in [1.54, 1.807) is 0 Å². The normalized spacial score (nSPS) is 32.4. The van der Waals surface area contributed by atoms with Gasteiger partial charge in [-0.2, -0.15) is 0 Å². The third-order valence-corrected chi connectivity index (χ3v) is 4.75. The molecule has 2 nitrogen and oxygen atoms in total. The Morgan fingerprint density at radius 3 is 2.19 bits per heavy atom. The fourth-order valence-electron chi connectivity index (χ4n) is 3.55. The minimum Gasteiger partial charge on any atom is -0.317 e. The van der Waals surface area contributed by atoms with Gasteiger partial charge in [-0.05, 0) is 58.5 Å². The van der Waals surface area contributed by atoms with Crippen molar-refractivity contribution in [1.82, 2.24) is 10.2 Å². The van der Waals surface area contributed by atoms with E-state index >= 15 is 0 Å². The first kappa shape index (κ1) is 12.4. The number of nitrogens with one attached hydrogen (secondary N) is 1. The highest BCUT2D eigenvalue weighted by molar-refractivity contribution is 4.82. The molecule has 2 aliphatic carbocycles. The van der Waals surface area contributed by atoms with Crippen LogP contribution < -0.4 is 5.32 Å². The van der Waals surface area contributed by atoms with Gasteiger partial charge in [0.2, 0.25) is 0 Å². The monoisotopic (exact) mass is 224 g/mol. The van der Waals surface area contributed by atoms with Gasteiger partial charge >= 0.3 is 0 Å². The summed E-state index contributed by atoms with van der Waals surface area (Å²) in [6.45, 7) is 1.36. The van der Waals surface area contributed by atoms with Crippen LogP contribution in [0.1, 0.15) is 51.4 Å². The molecule has 16 heavy (non-hydrogen) atoms. The van der Waals surface area contributed by atoms with Crippen molar-refractivity contribution in [1.29, 1.82) is 0 Å². The molecular weight excluding hydrogens is 196 g/mol. The first-order valence-electron chi connectivity index (χ1n) is 7.17. The second-order valence-corrected chi connectivity index (χ2v) is 5.88. The zero-order chi connectivity index (χ0) is 11.4. The molecule has 2 rings (SSSR count). The van der Waals surface area contributed by atoms with Crippen LogP contribution in [0.15, 0.2) is 0 Å². The Labute approximate surface area is 101 Å². The molecule has 1 N–H and O–H groups in total. The van der Waals surface area contributed by atoms with Crippen LogP contribution >= 0.6 is 0 Å². The summed E-state index contributed by atoms with van der Waals surface area (Å²) >= 11 is 0. The van der Waals surface area contributed by atoms with Gasteiger partial charge in [0.05, 0.1) is 0 Å². The van der Waals surface area contributed by atoms with Crippen molar-refractivity contribution in [2.45, 2.75) is 63.5 Å². The second-order valence-electron chi connectivity index (χ2n) is 5.88. The third kappa shape index (κ3) is 3.21. The van der Waals surface area contributed by atoms with Gasteiger partial charge in [-0.3, -0.25) is 0 Å². The van der Waals surface area contributed by atoms with Gasteiger partial charge in [-0.15, -0.1) is 0 Å². The number of hydrogen-bond donors (Lipinski definition) is 1.